The van der Waals surface area contributed by atoms with E-state index in [4.69, 9.17) is 4.74 Å². The molecule has 0 radical (unpaired) electrons. The molecule has 6 nitrogen and oxygen atoms in total. The molecule has 2 amide bonds. The van der Waals surface area contributed by atoms with E-state index in [-0.39, 0.29) is 17.9 Å². The minimum Gasteiger partial charge on any atom is -0.497 e. The molecule has 0 saturated heterocycles. The molecule has 3 aromatic rings. The normalized spacial score (nSPS) is 14.4. The van der Waals surface area contributed by atoms with E-state index < -0.39 is 0 Å². The standard InChI is InChI=1S/C21H21N3O3/c1-12(13-4-7-17-14(9-13)5-8-20(25)24-17)22-21(26)19-10-15-3-6-16(27-2)11-18(15)23-19/h3-4,6-7,9-12,23H,5,8H2,1-2H3,(H,22,26)(H,24,25)/t12-/m1/s1. The van der Waals surface area contributed by atoms with Crippen LogP contribution in [0.3, 0.4) is 0 Å². The fourth-order valence-electron chi connectivity index (χ4n) is 3.39. The summed E-state index contributed by atoms with van der Waals surface area (Å²) in [5, 5.41) is 6.86. The molecular weight excluding hydrogens is 342 g/mol. The van der Waals surface area contributed by atoms with Crippen LogP contribution in [-0.4, -0.2) is 23.9 Å². The van der Waals surface area contributed by atoms with Gasteiger partial charge in [0, 0.05) is 29.1 Å². The number of fused-ring (bicyclic) bond motifs is 2. The van der Waals surface area contributed by atoms with Gasteiger partial charge in [0.15, 0.2) is 0 Å². The number of nitrogens with one attached hydrogen (secondary N) is 3. The van der Waals surface area contributed by atoms with E-state index >= 15 is 0 Å². The Balaban J connectivity index is 1.51. The second kappa shape index (κ2) is 6.79. The molecule has 0 unspecified atom stereocenters. The van der Waals surface area contributed by atoms with Gasteiger partial charge < -0.3 is 20.4 Å². The molecule has 3 N–H and O–H groups in total. The van der Waals surface area contributed by atoms with Crippen molar-refractivity contribution in [2.75, 3.05) is 12.4 Å². The minimum atomic E-state index is -0.163. The number of H-pyrrole nitrogens is 1. The molecule has 1 aromatic heterocycles. The highest BCUT2D eigenvalue weighted by atomic mass is 16.5. The Morgan fingerprint density at radius 3 is 2.81 bits per heavy atom. The second-order valence-electron chi connectivity index (χ2n) is 6.80. The van der Waals surface area contributed by atoms with Crippen LogP contribution in [0, 0.1) is 0 Å². The van der Waals surface area contributed by atoms with Gasteiger partial charge in [-0.1, -0.05) is 12.1 Å². The molecule has 4 rings (SSSR count). The first-order valence-corrected chi connectivity index (χ1v) is 8.94. The Morgan fingerprint density at radius 2 is 2.00 bits per heavy atom. The monoisotopic (exact) mass is 363 g/mol. The smallest absolute Gasteiger partial charge is 0.268 e. The van der Waals surface area contributed by atoms with Crippen LogP contribution in [0.25, 0.3) is 10.9 Å². The molecule has 27 heavy (non-hydrogen) atoms. The van der Waals surface area contributed by atoms with E-state index in [9.17, 15) is 9.59 Å². The van der Waals surface area contributed by atoms with E-state index in [1.165, 1.54) is 0 Å². The highest BCUT2D eigenvalue weighted by molar-refractivity contribution is 5.98. The number of ether oxygens (including phenoxy) is 1. The zero-order valence-electron chi connectivity index (χ0n) is 15.3. The Morgan fingerprint density at radius 1 is 1.15 bits per heavy atom. The third-order valence-electron chi connectivity index (χ3n) is 4.95. The lowest BCUT2D eigenvalue weighted by molar-refractivity contribution is -0.116. The van der Waals surface area contributed by atoms with Crippen LogP contribution < -0.4 is 15.4 Å². The minimum absolute atomic E-state index is 0.0482. The Labute approximate surface area is 156 Å². The number of anilines is 1. The highest BCUT2D eigenvalue weighted by Crippen LogP contribution is 2.26. The zero-order valence-corrected chi connectivity index (χ0v) is 15.3. The van der Waals surface area contributed by atoms with Crippen molar-refractivity contribution in [2.45, 2.75) is 25.8 Å². The van der Waals surface area contributed by atoms with Gasteiger partial charge >= 0.3 is 0 Å². The molecule has 2 aromatic carbocycles. The molecular formula is C21H21N3O3. The predicted octanol–water partition coefficient (Wildman–Crippen LogP) is 3.55. The summed E-state index contributed by atoms with van der Waals surface area (Å²) in [6.07, 6.45) is 1.22. The van der Waals surface area contributed by atoms with Crippen molar-refractivity contribution in [1.29, 1.82) is 0 Å². The molecule has 138 valence electrons. The number of carbonyl (C=O) groups is 2. The summed E-state index contributed by atoms with van der Waals surface area (Å²) in [5.41, 5.74) is 4.34. The van der Waals surface area contributed by atoms with Crippen LogP contribution in [0.15, 0.2) is 42.5 Å². The molecule has 6 heteroatoms. The van der Waals surface area contributed by atoms with Gasteiger partial charge in [-0.3, -0.25) is 9.59 Å². The molecule has 0 aliphatic carbocycles. The summed E-state index contributed by atoms with van der Waals surface area (Å²) in [7, 11) is 1.61. The van der Waals surface area contributed by atoms with Crippen LogP contribution in [-0.2, 0) is 11.2 Å². The van der Waals surface area contributed by atoms with Crippen molar-refractivity contribution in [1.82, 2.24) is 10.3 Å². The number of aryl methyl sites for hydroxylation is 1. The van der Waals surface area contributed by atoms with Gasteiger partial charge in [0.25, 0.3) is 5.91 Å². The van der Waals surface area contributed by atoms with Crippen LogP contribution in [0.1, 0.15) is 41.0 Å². The number of amides is 2. The van der Waals surface area contributed by atoms with Crippen molar-refractivity contribution >= 4 is 28.4 Å². The van der Waals surface area contributed by atoms with Crippen LogP contribution in [0.5, 0.6) is 5.75 Å². The fraction of sp³-hybridized carbons (Fsp3) is 0.238. The summed E-state index contributed by atoms with van der Waals surface area (Å²) in [4.78, 5) is 27.3. The number of aromatic nitrogens is 1. The number of methoxy groups -OCH3 is 1. The van der Waals surface area contributed by atoms with Crippen molar-refractivity contribution in [2.24, 2.45) is 0 Å². The highest BCUT2D eigenvalue weighted by Gasteiger charge is 2.18. The number of carbonyl (C=O) groups excluding carboxylic acids is 2. The molecule has 0 spiro atoms. The van der Waals surface area contributed by atoms with E-state index in [1.807, 2.05) is 43.3 Å². The molecule has 1 aliphatic heterocycles. The summed E-state index contributed by atoms with van der Waals surface area (Å²) in [5.74, 6) is 0.626. The van der Waals surface area contributed by atoms with E-state index in [2.05, 4.69) is 21.7 Å². The summed E-state index contributed by atoms with van der Waals surface area (Å²) < 4.78 is 5.22. The number of rotatable bonds is 4. The Hall–Kier alpha value is -3.28. The number of benzene rings is 2. The van der Waals surface area contributed by atoms with Gasteiger partial charge in [-0.05, 0) is 48.7 Å². The molecule has 2 heterocycles. The third kappa shape index (κ3) is 3.38. The third-order valence-corrected chi connectivity index (χ3v) is 4.95. The molecule has 0 bridgehead atoms. The second-order valence-corrected chi connectivity index (χ2v) is 6.80. The van der Waals surface area contributed by atoms with Gasteiger partial charge in [-0.2, -0.15) is 0 Å². The molecule has 1 atom stereocenters. The number of aromatic amines is 1. The van der Waals surface area contributed by atoms with E-state index in [0.29, 0.717) is 12.1 Å². The first-order chi connectivity index (χ1) is 13.0. The van der Waals surface area contributed by atoms with Crippen LogP contribution >= 0.6 is 0 Å². The van der Waals surface area contributed by atoms with Gasteiger partial charge in [0.1, 0.15) is 11.4 Å². The summed E-state index contributed by atoms with van der Waals surface area (Å²) in [6.45, 7) is 1.95. The maximum Gasteiger partial charge on any atom is 0.268 e. The van der Waals surface area contributed by atoms with Gasteiger partial charge in [-0.15, -0.1) is 0 Å². The maximum atomic E-state index is 12.7. The lowest BCUT2D eigenvalue weighted by Crippen LogP contribution is -2.27. The summed E-state index contributed by atoms with van der Waals surface area (Å²) in [6, 6.07) is 13.2. The number of hydrogen-bond acceptors (Lipinski definition) is 3. The maximum absolute atomic E-state index is 12.7. The molecule has 1 aliphatic rings. The van der Waals surface area contributed by atoms with E-state index in [0.717, 1.165) is 39.9 Å². The van der Waals surface area contributed by atoms with E-state index in [1.54, 1.807) is 7.11 Å². The first-order valence-electron chi connectivity index (χ1n) is 8.94. The quantitative estimate of drug-likeness (QED) is 0.663. The lowest BCUT2D eigenvalue weighted by Gasteiger charge is -2.20. The van der Waals surface area contributed by atoms with Gasteiger partial charge in [0.2, 0.25) is 5.91 Å². The Kier molecular flexibility index (Phi) is 4.32. The summed E-state index contributed by atoms with van der Waals surface area (Å²) >= 11 is 0. The molecule has 0 saturated carbocycles. The Bertz CT molecular complexity index is 1040. The van der Waals surface area contributed by atoms with Crippen LogP contribution in [0.2, 0.25) is 0 Å². The average Bonchev–Trinajstić information content (AvgIpc) is 3.10. The van der Waals surface area contributed by atoms with Crippen LogP contribution in [0.4, 0.5) is 5.69 Å². The van der Waals surface area contributed by atoms with Crippen molar-refractivity contribution < 1.29 is 14.3 Å². The topological polar surface area (TPSA) is 83.2 Å². The molecule has 0 fully saturated rings. The zero-order chi connectivity index (χ0) is 19.0. The first kappa shape index (κ1) is 17.1. The van der Waals surface area contributed by atoms with Crippen molar-refractivity contribution in [3.63, 3.8) is 0 Å². The fourth-order valence-corrected chi connectivity index (χ4v) is 3.39. The van der Waals surface area contributed by atoms with Gasteiger partial charge in [-0.25, -0.2) is 0 Å². The average molecular weight is 363 g/mol. The van der Waals surface area contributed by atoms with Crippen molar-refractivity contribution in [3.8, 4) is 5.75 Å². The largest absolute Gasteiger partial charge is 0.497 e. The lowest BCUT2D eigenvalue weighted by atomic mass is 9.98. The SMILES string of the molecule is COc1ccc2cc(C(=O)N[C@H](C)c3ccc4c(c3)CCC(=O)N4)[nH]c2c1. The predicted molar refractivity (Wildman–Crippen MR) is 104 cm³/mol. The van der Waals surface area contributed by atoms with Gasteiger partial charge in [0.05, 0.1) is 13.2 Å². The number of hydrogen-bond donors (Lipinski definition) is 3. The van der Waals surface area contributed by atoms with Crippen molar-refractivity contribution in [3.05, 3.63) is 59.3 Å².